The topological polar surface area (TPSA) is 30.7 Å². The Bertz CT molecular complexity index is 1500. The Labute approximate surface area is 174 Å². The Hall–Kier alpha value is -3.98. The van der Waals surface area contributed by atoms with Gasteiger partial charge in [0.1, 0.15) is 0 Å². The smallest absolute Gasteiger partial charge is 0.0965 e. The van der Waals surface area contributed by atoms with E-state index in [-0.39, 0.29) is 0 Å². The maximum absolute atomic E-state index is 4.62. The summed E-state index contributed by atoms with van der Waals surface area (Å²) in [6.07, 6.45) is 3.70. The van der Waals surface area contributed by atoms with Crippen molar-refractivity contribution >= 4 is 32.8 Å². The molecule has 0 spiro atoms. The molecular formula is C27H19N3. The molecule has 3 nitrogen and oxygen atoms in total. The van der Waals surface area contributed by atoms with Crippen molar-refractivity contribution in [1.29, 1.82) is 0 Å². The summed E-state index contributed by atoms with van der Waals surface area (Å²) in [5.41, 5.74) is 8.99. The lowest BCUT2D eigenvalue weighted by atomic mass is 9.98. The van der Waals surface area contributed by atoms with Crippen LogP contribution in [0.4, 0.5) is 0 Å². The number of aromatic nitrogens is 3. The Morgan fingerprint density at radius 1 is 0.600 bits per heavy atom. The van der Waals surface area contributed by atoms with E-state index in [0.717, 1.165) is 16.6 Å². The molecule has 0 aliphatic heterocycles. The van der Waals surface area contributed by atoms with E-state index in [4.69, 9.17) is 0 Å². The Kier molecular flexibility index (Phi) is 3.68. The van der Waals surface area contributed by atoms with Crippen LogP contribution in [0.25, 0.3) is 49.7 Å². The van der Waals surface area contributed by atoms with Crippen LogP contribution in [-0.2, 0) is 0 Å². The molecule has 0 fully saturated rings. The van der Waals surface area contributed by atoms with E-state index in [0.29, 0.717) is 0 Å². The average Bonchev–Trinajstić information content (AvgIpc) is 3.13. The summed E-state index contributed by atoms with van der Waals surface area (Å²) in [4.78, 5) is 9.11. The van der Waals surface area contributed by atoms with Crippen LogP contribution in [0.5, 0.6) is 0 Å². The minimum absolute atomic E-state index is 0.914. The predicted octanol–water partition coefficient (Wildman–Crippen LogP) is 6.70. The van der Waals surface area contributed by atoms with Gasteiger partial charge in [-0.1, -0.05) is 48.5 Å². The molecule has 6 rings (SSSR count). The van der Waals surface area contributed by atoms with Crippen molar-refractivity contribution in [2.75, 3.05) is 0 Å². The maximum Gasteiger partial charge on any atom is 0.0965 e. The van der Waals surface area contributed by atoms with E-state index in [1.165, 1.54) is 38.6 Å². The van der Waals surface area contributed by atoms with Crippen molar-refractivity contribution in [1.82, 2.24) is 14.5 Å². The first-order chi connectivity index (χ1) is 14.8. The van der Waals surface area contributed by atoms with E-state index in [1.54, 1.807) is 0 Å². The van der Waals surface area contributed by atoms with Gasteiger partial charge in [-0.3, -0.25) is 9.97 Å². The molecule has 0 bridgehead atoms. The van der Waals surface area contributed by atoms with Gasteiger partial charge >= 0.3 is 0 Å². The van der Waals surface area contributed by atoms with Gasteiger partial charge in [0, 0.05) is 34.4 Å². The van der Waals surface area contributed by atoms with Gasteiger partial charge in [-0.25, -0.2) is 0 Å². The van der Waals surface area contributed by atoms with Gasteiger partial charge in [0.05, 0.1) is 22.1 Å². The zero-order valence-corrected chi connectivity index (χ0v) is 16.6. The van der Waals surface area contributed by atoms with Crippen molar-refractivity contribution in [3.63, 3.8) is 0 Å². The molecule has 0 atom stereocenters. The van der Waals surface area contributed by atoms with E-state index in [1.807, 2.05) is 24.5 Å². The molecule has 142 valence electrons. The Morgan fingerprint density at radius 2 is 1.33 bits per heavy atom. The fourth-order valence-electron chi connectivity index (χ4n) is 4.54. The molecule has 0 N–H and O–H groups in total. The van der Waals surface area contributed by atoms with E-state index < -0.39 is 0 Å². The number of nitrogens with zero attached hydrogens (tertiary/aromatic N) is 3. The lowest BCUT2D eigenvalue weighted by Gasteiger charge is -2.15. The highest BCUT2D eigenvalue weighted by atomic mass is 15.0. The average molecular weight is 385 g/mol. The monoisotopic (exact) mass is 385 g/mol. The zero-order valence-electron chi connectivity index (χ0n) is 16.6. The van der Waals surface area contributed by atoms with Crippen molar-refractivity contribution < 1.29 is 0 Å². The highest BCUT2D eigenvalue weighted by Crippen LogP contribution is 2.36. The number of hydrogen-bond donors (Lipinski definition) is 0. The van der Waals surface area contributed by atoms with Crippen LogP contribution in [0.3, 0.4) is 0 Å². The van der Waals surface area contributed by atoms with Gasteiger partial charge in [-0.15, -0.1) is 0 Å². The van der Waals surface area contributed by atoms with Crippen molar-refractivity contribution in [2.45, 2.75) is 6.92 Å². The van der Waals surface area contributed by atoms with Crippen molar-refractivity contribution in [2.24, 2.45) is 0 Å². The summed E-state index contributed by atoms with van der Waals surface area (Å²) < 4.78 is 2.38. The highest BCUT2D eigenvalue weighted by molar-refractivity contribution is 6.09. The second-order valence-electron chi connectivity index (χ2n) is 7.55. The third kappa shape index (κ3) is 2.39. The molecular weight excluding hydrogens is 366 g/mol. The first-order valence-corrected chi connectivity index (χ1v) is 10.1. The van der Waals surface area contributed by atoms with E-state index >= 15 is 0 Å². The standard InChI is InChI=1S/C27H19N3/c1-18-19(22-15-17-28-23-11-7-16-29-27(22)23)10-6-14-24(18)30-25-12-4-2-8-20(25)21-9-3-5-13-26(21)30/h2-17H,1H3. The fraction of sp³-hybridized carbons (Fsp3) is 0.0370. The summed E-state index contributed by atoms with van der Waals surface area (Å²) in [7, 11) is 0. The third-order valence-electron chi connectivity index (χ3n) is 5.91. The first kappa shape index (κ1) is 16.9. The number of para-hydroxylation sites is 2. The van der Waals surface area contributed by atoms with Crippen LogP contribution < -0.4 is 0 Å². The molecule has 3 heteroatoms. The second-order valence-corrected chi connectivity index (χ2v) is 7.55. The minimum atomic E-state index is 0.914. The number of pyridine rings is 2. The van der Waals surface area contributed by atoms with Crippen LogP contribution >= 0.6 is 0 Å². The van der Waals surface area contributed by atoms with Gasteiger partial charge in [-0.05, 0) is 54.4 Å². The van der Waals surface area contributed by atoms with Gasteiger partial charge in [0.15, 0.2) is 0 Å². The molecule has 0 aliphatic rings. The molecule has 0 unspecified atom stereocenters. The fourth-order valence-corrected chi connectivity index (χ4v) is 4.54. The summed E-state index contributed by atoms with van der Waals surface area (Å²) >= 11 is 0. The number of rotatable bonds is 2. The van der Waals surface area contributed by atoms with Crippen LogP contribution in [-0.4, -0.2) is 14.5 Å². The van der Waals surface area contributed by atoms with E-state index in [9.17, 15) is 0 Å². The van der Waals surface area contributed by atoms with Crippen LogP contribution in [0.15, 0.2) is 97.3 Å². The Balaban J connectivity index is 1.69. The van der Waals surface area contributed by atoms with Gasteiger partial charge in [-0.2, -0.15) is 0 Å². The number of benzene rings is 3. The second kappa shape index (κ2) is 6.53. The molecule has 3 heterocycles. The van der Waals surface area contributed by atoms with E-state index in [2.05, 4.69) is 94.3 Å². The SMILES string of the molecule is Cc1c(-c2ccnc3cccnc23)cccc1-n1c2ccccc2c2ccccc21. The lowest BCUT2D eigenvalue weighted by Crippen LogP contribution is -1.99. The normalized spacial score (nSPS) is 11.5. The summed E-state index contributed by atoms with van der Waals surface area (Å²) in [6.45, 7) is 2.20. The zero-order chi connectivity index (χ0) is 20.1. The summed E-state index contributed by atoms with van der Waals surface area (Å²) in [6, 6.07) is 29.8. The third-order valence-corrected chi connectivity index (χ3v) is 5.91. The largest absolute Gasteiger partial charge is 0.309 e. The Morgan fingerprint density at radius 3 is 2.10 bits per heavy atom. The predicted molar refractivity (Wildman–Crippen MR) is 124 cm³/mol. The van der Waals surface area contributed by atoms with Crippen LogP contribution in [0.1, 0.15) is 5.56 Å². The van der Waals surface area contributed by atoms with Crippen LogP contribution in [0.2, 0.25) is 0 Å². The number of fused-ring (bicyclic) bond motifs is 4. The summed E-state index contributed by atoms with van der Waals surface area (Å²) in [5, 5.41) is 2.54. The van der Waals surface area contributed by atoms with Gasteiger partial charge in [0.2, 0.25) is 0 Å². The highest BCUT2D eigenvalue weighted by Gasteiger charge is 2.16. The molecule has 0 aliphatic carbocycles. The van der Waals surface area contributed by atoms with Crippen molar-refractivity contribution in [3.8, 4) is 16.8 Å². The van der Waals surface area contributed by atoms with Gasteiger partial charge < -0.3 is 4.57 Å². The molecule has 0 saturated heterocycles. The van der Waals surface area contributed by atoms with Gasteiger partial charge in [0.25, 0.3) is 0 Å². The maximum atomic E-state index is 4.62. The summed E-state index contributed by atoms with van der Waals surface area (Å²) in [5.74, 6) is 0. The molecule has 3 aromatic heterocycles. The molecule has 30 heavy (non-hydrogen) atoms. The minimum Gasteiger partial charge on any atom is -0.309 e. The molecule has 0 amide bonds. The van der Waals surface area contributed by atoms with Crippen molar-refractivity contribution in [3.05, 3.63) is 103 Å². The lowest BCUT2D eigenvalue weighted by molar-refractivity contribution is 1.15. The molecule has 6 aromatic rings. The quantitative estimate of drug-likeness (QED) is 0.332. The molecule has 3 aromatic carbocycles. The molecule has 0 saturated carbocycles. The molecule has 0 radical (unpaired) electrons. The first-order valence-electron chi connectivity index (χ1n) is 10.1. The number of hydrogen-bond acceptors (Lipinski definition) is 2. The van der Waals surface area contributed by atoms with Crippen LogP contribution in [0, 0.1) is 6.92 Å².